The van der Waals surface area contributed by atoms with Crippen molar-refractivity contribution in [1.29, 1.82) is 0 Å². The molecule has 1 aromatic carbocycles. The molecule has 0 aromatic heterocycles. The monoisotopic (exact) mass is 359 g/mol. The molecule has 25 heavy (non-hydrogen) atoms. The summed E-state index contributed by atoms with van der Waals surface area (Å²) in [6, 6.07) is 9.93. The second-order valence-electron chi connectivity index (χ2n) is 5.69. The maximum absolute atomic E-state index is 12.6. The number of carbonyl (C=O) groups excluding carboxylic acids is 2. The van der Waals surface area contributed by atoms with Gasteiger partial charge in [0.1, 0.15) is 0 Å². The largest absolute Gasteiger partial charge is 0.463 e. The van der Waals surface area contributed by atoms with Crippen molar-refractivity contribution in [3.05, 3.63) is 58.3 Å². The Hall–Kier alpha value is -2.21. The first-order chi connectivity index (χ1) is 12.2. The molecule has 1 fully saturated rings. The highest BCUT2D eigenvalue weighted by atomic mass is 32.2. The van der Waals surface area contributed by atoms with E-state index < -0.39 is 0 Å². The van der Waals surface area contributed by atoms with Gasteiger partial charge in [0, 0.05) is 30.0 Å². The van der Waals surface area contributed by atoms with Crippen LogP contribution >= 0.6 is 11.8 Å². The van der Waals surface area contributed by atoms with E-state index in [1.54, 1.807) is 25.6 Å². The van der Waals surface area contributed by atoms with E-state index in [-0.39, 0.29) is 17.9 Å². The highest BCUT2D eigenvalue weighted by Crippen LogP contribution is 2.48. The Kier molecular flexibility index (Phi) is 5.48. The molecule has 1 aromatic rings. The van der Waals surface area contributed by atoms with Crippen molar-refractivity contribution < 1.29 is 19.1 Å². The number of fused-ring (bicyclic) bond motifs is 1. The van der Waals surface area contributed by atoms with Crippen LogP contribution in [0.2, 0.25) is 0 Å². The third-order valence-corrected chi connectivity index (χ3v) is 5.31. The fraction of sp³-hybridized carbons (Fsp3) is 0.368. The topological polar surface area (TPSA) is 55.8 Å². The maximum atomic E-state index is 12.6. The average molecular weight is 359 g/mol. The van der Waals surface area contributed by atoms with Gasteiger partial charge in [-0.25, -0.2) is 9.59 Å². The second-order valence-corrected chi connectivity index (χ2v) is 6.65. The number of benzene rings is 1. The van der Waals surface area contributed by atoms with Gasteiger partial charge in [0.05, 0.1) is 23.8 Å². The van der Waals surface area contributed by atoms with Crippen LogP contribution in [0, 0.1) is 0 Å². The highest BCUT2D eigenvalue weighted by molar-refractivity contribution is 8.03. The zero-order valence-corrected chi connectivity index (χ0v) is 15.2. The zero-order valence-electron chi connectivity index (χ0n) is 14.4. The zero-order chi connectivity index (χ0) is 17.8. The minimum Gasteiger partial charge on any atom is -0.463 e. The minimum absolute atomic E-state index is 0.0614. The molecule has 0 amide bonds. The molecule has 0 N–H and O–H groups in total. The summed E-state index contributed by atoms with van der Waals surface area (Å²) in [4.78, 5) is 26.4. The van der Waals surface area contributed by atoms with Crippen LogP contribution in [0.1, 0.15) is 25.3 Å². The molecule has 2 aliphatic rings. The molecule has 0 spiro atoms. The lowest BCUT2D eigenvalue weighted by Gasteiger charge is -2.18. The summed E-state index contributed by atoms with van der Waals surface area (Å²) in [5.41, 5.74) is 2.63. The van der Waals surface area contributed by atoms with E-state index in [1.165, 1.54) is 6.08 Å². The van der Waals surface area contributed by atoms with Gasteiger partial charge in [-0.15, -0.1) is 11.8 Å². The molecule has 0 aliphatic carbocycles. The SMILES string of the molecule is CCOC(=O)C=C1CSC2=C(C(=O)OCC)C(c3ccccc3)CN12. The van der Waals surface area contributed by atoms with Crippen LogP contribution in [0.15, 0.2) is 52.7 Å². The Morgan fingerprint density at radius 1 is 1.20 bits per heavy atom. The number of carbonyl (C=O) groups is 2. The highest BCUT2D eigenvalue weighted by Gasteiger charge is 2.42. The van der Waals surface area contributed by atoms with Crippen LogP contribution in [-0.2, 0) is 19.1 Å². The third kappa shape index (κ3) is 3.58. The lowest BCUT2D eigenvalue weighted by atomic mass is 9.93. The smallest absolute Gasteiger partial charge is 0.337 e. The van der Waals surface area contributed by atoms with Crippen molar-refractivity contribution in [1.82, 2.24) is 4.90 Å². The second kappa shape index (κ2) is 7.78. The fourth-order valence-electron chi connectivity index (χ4n) is 3.11. The quantitative estimate of drug-likeness (QED) is 0.595. The molecular weight excluding hydrogens is 338 g/mol. The number of hydrogen-bond acceptors (Lipinski definition) is 6. The van der Waals surface area contributed by atoms with E-state index in [4.69, 9.17) is 9.47 Å². The van der Waals surface area contributed by atoms with Gasteiger partial charge >= 0.3 is 11.9 Å². The summed E-state index contributed by atoms with van der Waals surface area (Å²) in [6.07, 6.45) is 1.53. The van der Waals surface area contributed by atoms with Gasteiger partial charge in [-0.3, -0.25) is 0 Å². The van der Waals surface area contributed by atoms with Crippen molar-refractivity contribution in [3.63, 3.8) is 0 Å². The number of rotatable bonds is 5. The van der Waals surface area contributed by atoms with Gasteiger partial charge in [-0.2, -0.15) is 0 Å². The molecule has 0 saturated carbocycles. The molecule has 2 heterocycles. The van der Waals surface area contributed by atoms with Gasteiger partial charge in [-0.05, 0) is 19.4 Å². The summed E-state index contributed by atoms with van der Waals surface area (Å²) < 4.78 is 10.3. The fourth-order valence-corrected chi connectivity index (χ4v) is 4.36. The molecule has 6 heteroatoms. The Labute approximate surface area is 151 Å². The van der Waals surface area contributed by atoms with Gasteiger partial charge in [0.25, 0.3) is 0 Å². The number of hydrogen-bond donors (Lipinski definition) is 0. The molecule has 1 unspecified atom stereocenters. The summed E-state index contributed by atoms with van der Waals surface area (Å²) in [5, 5.41) is 0.892. The molecule has 5 nitrogen and oxygen atoms in total. The molecular formula is C19H21NO4S. The minimum atomic E-state index is -0.347. The number of thioether (sulfide) groups is 1. The predicted octanol–water partition coefficient (Wildman–Crippen LogP) is 3.05. The average Bonchev–Trinajstić information content (AvgIpc) is 3.16. The van der Waals surface area contributed by atoms with Gasteiger partial charge < -0.3 is 14.4 Å². The Balaban J connectivity index is 1.95. The van der Waals surface area contributed by atoms with Crippen molar-refractivity contribution in [2.24, 2.45) is 0 Å². The number of nitrogens with zero attached hydrogens (tertiary/aromatic N) is 1. The molecule has 1 atom stereocenters. The lowest BCUT2D eigenvalue weighted by Crippen LogP contribution is -2.19. The molecule has 132 valence electrons. The number of ether oxygens (including phenoxy) is 2. The van der Waals surface area contributed by atoms with E-state index in [1.807, 2.05) is 35.2 Å². The van der Waals surface area contributed by atoms with Crippen LogP contribution in [0.3, 0.4) is 0 Å². The lowest BCUT2D eigenvalue weighted by molar-refractivity contribution is -0.139. The summed E-state index contributed by atoms with van der Waals surface area (Å²) in [7, 11) is 0. The molecule has 2 aliphatic heterocycles. The Bertz CT molecular complexity index is 726. The standard InChI is InChI=1S/C19H21NO4S/c1-3-23-16(21)10-14-12-25-18-17(19(22)24-4-2)15(11-20(14)18)13-8-6-5-7-9-13/h5-10,15H,3-4,11-12H2,1-2H3. The molecule has 1 saturated heterocycles. The Morgan fingerprint density at radius 2 is 1.92 bits per heavy atom. The van der Waals surface area contributed by atoms with E-state index in [9.17, 15) is 9.59 Å². The van der Waals surface area contributed by atoms with Gasteiger partial charge in [0.2, 0.25) is 0 Å². The van der Waals surface area contributed by atoms with Gasteiger partial charge in [-0.1, -0.05) is 30.3 Å². The third-order valence-electron chi connectivity index (χ3n) is 4.16. The predicted molar refractivity (Wildman–Crippen MR) is 96.7 cm³/mol. The maximum Gasteiger partial charge on any atom is 0.337 e. The Morgan fingerprint density at radius 3 is 2.60 bits per heavy atom. The van der Waals surface area contributed by atoms with E-state index >= 15 is 0 Å². The van der Waals surface area contributed by atoms with Crippen molar-refractivity contribution in [2.75, 3.05) is 25.5 Å². The summed E-state index contributed by atoms with van der Waals surface area (Å²) in [5.74, 6) is -0.0361. The van der Waals surface area contributed by atoms with Crippen LogP contribution in [-0.4, -0.2) is 42.3 Å². The first kappa shape index (κ1) is 17.6. The summed E-state index contributed by atoms with van der Waals surface area (Å²) >= 11 is 1.57. The molecule has 0 bridgehead atoms. The first-order valence-corrected chi connectivity index (χ1v) is 9.38. The van der Waals surface area contributed by atoms with Crippen molar-refractivity contribution >= 4 is 23.7 Å². The van der Waals surface area contributed by atoms with E-state index in [0.717, 1.165) is 16.3 Å². The van der Waals surface area contributed by atoms with E-state index in [2.05, 4.69) is 0 Å². The van der Waals surface area contributed by atoms with E-state index in [0.29, 0.717) is 31.1 Å². The van der Waals surface area contributed by atoms with Crippen LogP contribution in [0.5, 0.6) is 0 Å². The molecule has 0 radical (unpaired) electrons. The summed E-state index contributed by atoms with van der Waals surface area (Å²) in [6.45, 7) is 4.91. The van der Waals surface area contributed by atoms with Crippen molar-refractivity contribution in [3.8, 4) is 0 Å². The molecule has 3 rings (SSSR count). The number of esters is 2. The normalized spacial score (nSPS) is 20.8. The first-order valence-electron chi connectivity index (χ1n) is 8.39. The van der Waals surface area contributed by atoms with Crippen LogP contribution in [0.4, 0.5) is 0 Å². The van der Waals surface area contributed by atoms with Crippen molar-refractivity contribution in [2.45, 2.75) is 19.8 Å². The van der Waals surface area contributed by atoms with Crippen LogP contribution < -0.4 is 0 Å². The van der Waals surface area contributed by atoms with Crippen LogP contribution in [0.25, 0.3) is 0 Å². The van der Waals surface area contributed by atoms with Gasteiger partial charge in [0.15, 0.2) is 0 Å².